The fourth-order valence-corrected chi connectivity index (χ4v) is 3.21. The maximum Gasteiger partial charge on any atom is 0.211 e. The van der Waals surface area contributed by atoms with Gasteiger partial charge in [-0.25, -0.2) is 17.7 Å². The van der Waals surface area contributed by atoms with E-state index in [1.807, 2.05) is 13.8 Å². The molecule has 0 radical (unpaired) electrons. The number of rotatable bonds is 4. The summed E-state index contributed by atoms with van der Waals surface area (Å²) in [5.41, 5.74) is 0. The summed E-state index contributed by atoms with van der Waals surface area (Å²) in [7, 11) is -3.05. The van der Waals surface area contributed by atoms with Gasteiger partial charge in [0, 0.05) is 19.1 Å². The first-order valence-corrected chi connectivity index (χ1v) is 8.31. The molecular formula is C11H21N5O2S. The van der Waals surface area contributed by atoms with Crippen LogP contribution < -0.4 is 5.32 Å². The van der Waals surface area contributed by atoms with Gasteiger partial charge in [0.2, 0.25) is 10.0 Å². The molecule has 108 valence electrons. The van der Waals surface area contributed by atoms with Crippen LogP contribution in [0, 0.1) is 6.92 Å². The average molecular weight is 287 g/mol. The quantitative estimate of drug-likeness (QED) is 0.825. The van der Waals surface area contributed by atoms with Crippen molar-refractivity contribution in [3.05, 3.63) is 11.6 Å². The molecule has 0 aliphatic carbocycles. The summed E-state index contributed by atoms with van der Waals surface area (Å²) >= 11 is 0. The first-order valence-electron chi connectivity index (χ1n) is 6.46. The third-order valence-corrected chi connectivity index (χ3v) is 4.71. The van der Waals surface area contributed by atoms with Gasteiger partial charge in [0.1, 0.15) is 5.82 Å². The Balaban J connectivity index is 1.86. The summed E-state index contributed by atoms with van der Waals surface area (Å²) < 4.78 is 24.4. The monoisotopic (exact) mass is 287 g/mol. The van der Waals surface area contributed by atoms with Gasteiger partial charge < -0.3 is 5.32 Å². The van der Waals surface area contributed by atoms with Gasteiger partial charge >= 0.3 is 0 Å². The second-order valence-corrected chi connectivity index (χ2v) is 7.09. The van der Waals surface area contributed by atoms with Crippen LogP contribution in [0.4, 0.5) is 0 Å². The van der Waals surface area contributed by atoms with Gasteiger partial charge in [-0.3, -0.25) is 5.10 Å². The Morgan fingerprint density at radius 3 is 2.53 bits per heavy atom. The van der Waals surface area contributed by atoms with E-state index in [1.165, 1.54) is 10.6 Å². The first kappa shape index (κ1) is 14.4. The minimum Gasteiger partial charge on any atom is -0.305 e. The zero-order valence-electron chi connectivity index (χ0n) is 11.5. The van der Waals surface area contributed by atoms with E-state index in [9.17, 15) is 8.42 Å². The highest BCUT2D eigenvalue weighted by atomic mass is 32.2. The van der Waals surface area contributed by atoms with Crippen LogP contribution in [0.5, 0.6) is 0 Å². The van der Waals surface area contributed by atoms with E-state index >= 15 is 0 Å². The fourth-order valence-electron chi connectivity index (χ4n) is 2.34. The molecule has 2 heterocycles. The molecule has 19 heavy (non-hydrogen) atoms. The summed E-state index contributed by atoms with van der Waals surface area (Å²) in [5, 5.41) is 10.4. The molecule has 7 nitrogen and oxygen atoms in total. The number of aryl methyl sites for hydroxylation is 1. The molecule has 1 atom stereocenters. The molecule has 1 aromatic rings. The molecule has 1 aliphatic rings. The second-order valence-electron chi connectivity index (χ2n) is 5.10. The van der Waals surface area contributed by atoms with Crippen LogP contribution in [0.1, 0.15) is 37.5 Å². The maximum absolute atomic E-state index is 11.4. The molecule has 2 rings (SSSR count). The van der Waals surface area contributed by atoms with E-state index in [2.05, 4.69) is 20.5 Å². The normalized spacial score (nSPS) is 20.6. The van der Waals surface area contributed by atoms with Crippen molar-refractivity contribution < 1.29 is 8.42 Å². The van der Waals surface area contributed by atoms with Crippen LogP contribution >= 0.6 is 0 Å². The van der Waals surface area contributed by atoms with Gasteiger partial charge in [0.15, 0.2) is 5.82 Å². The van der Waals surface area contributed by atoms with Crippen LogP contribution in [0.2, 0.25) is 0 Å². The number of hydrogen-bond acceptors (Lipinski definition) is 5. The third-order valence-electron chi connectivity index (χ3n) is 3.41. The number of nitrogens with zero attached hydrogens (tertiary/aromatic N) is 3. The lowest BCUT2D eigenvalue weighted by atomic mass is 10.1. The Morgan fingerprint density at radius 1 is 1.42 bits per heavy atom. The van der Waals surface area contributed by atoms with Crippen LogP contribution in [-0.2, 0) is 10.0 Å². The smallest absolute Gasteiger partial charge is 0.211 e. The van der Waals surface area contributed by atoms with Crippen molar-refractivity contribution in [3.8, 4) is 0 Å². The van der Waals surface area contributed by atoms with Crippen molar-refractivity contribution in [2.45, 2.75) is 38.8 Å². The van der Waals surface area contributed by atoms with Crippen LogP contribution in [0.15, 0.2) is 0 Å². The number of nitrogens with one attached hydrogen (secondary N) is 2. The lowest BCUT2D eigenvalue weighted by Crippen LogP contribution is -2.45. The lowest BCUT2D eigenvalue weighted by molar-refractivity contribution is 0.276. The van der Waals surface area contributed by atoms with E-state index in [1.54, 1.807) is 0 Å². The highest BCUT2D eigenvalue weighted by Gasteiger charge is 2.26. The fraction of sp³-hybridized carbons (Fsp3) is 0.818. The molecule has 1 saturated heterocycles. The molecule has 1 fully saturated rings. The third kappa shape index (κ3) is 3.74. The SMILES string of the molecule is Cc1nc([C@@H](C)NC2CCN(S(C)(=O)=O)CC2)n[nH]1. The molecule has 0 amide bonds. The molecule has 8 heteroatoms. The zero-order chi connectivity index (χ0) is 14.0. The van der Waals surface area contributed by atoms with E-state index in [4.69, 9.17) is 0 Å². The predicted molar refractivity (Wildman–Crippen MR) is 72.1 cm³/mol. The Hall–Kier alpha value is -0.990. The van der Waals surface area contributed by atoms with Gasteiger partial charge in [0.05, 0.1) is 12.3 Å². The van der Waals surface area contributed by atoms with Gasteiger partial charge in [-0.15, -0.1) is 0 Å². The molecule has 0 aromatic carbocycles. The van der Waals surface area contributed by atoms with E-state index < -0.39 is 10.0 Å². The Morgan fingerprint density at radius 2 is 2.05 bits per heavy atom. The maximum atomic E-state index is 11.4. The summed E-state index contributed by atoms with van der Waals surface area (Å²) in [5.74, 6) is 1.55. The van der Waals surface area contributed by atoms with Crippen molar-refractivity contribution in [3.63, 3.8) is 0 Å². The lowest BCUT2D eigenvalue weighted by Gasteiger charge is -2.31. The number of sulfonamides is 1. The number of aromatic nitrogens is 3. The second kappa shape index (κ2) is 5.56. The van der Waals surface area contributed by atoms with Crippen molar-refractivity contribution in [2.24, 2.45) is 0 Å². The van der Waals surface area contributed by atoms with Gasteiger partial charge in [0.25, 0.3) is 0 Å². The van der Waals surface area contributed by atoms with Crippen molar-refractivity contribution in [2.75, 3.05) is 19.3 Å². The van der Waals surface area contributed by atoms with Crippen molar-refractivity contribution >= 4 is 10.0 Å². The highest BCUT2D eigenvalue weighted by Crippen LogP contribution is 2.16. The highest BCUT2D eigenvalue weighted by molar-refractivity contribution is 7.88. The molecule has 1 aliphatic heterocycles. The Bertz CT molecular complexity index is 519. The molecule has 2 N–H and O–H groups in total. The van der Waals surface area contributed by atoms with E-state index in [0.29, 0.717) is 19.1 Å². The number of hydrogen-bond donors (Lipinski definition) is 2. The molecule has 0 bridgehead atoms. The van der Waals surface area contributed by atoms with Crippen LogP contribution in [0.25, 0.3) is 0 Å². The predicted octanol–water partition coefficient (Wildman–Crippen LogP) is 0.188. The summed E-state index contributed by atoms with van der Waals surface area (Å²) in [6.07, 6.45) is 2.90. The first-order chi connectivity index (χ1) is 8.86. The average Bonchev–Trinajstić information content (AvgIpc) is 2.75. The van der Waals surface area contributed by atoms with E-state index in [-0.39, 0.29) is 6.04 Å². The van der Waals surface area contributed by atoms with Gasteiger partial charge in [-0.2, -0.15) is 5.10 Å². The van der Waals surface area contributed by atoms with E-state index in [0.717, 1.165) is 24.5 Å². The molecule has 0 unspecified atom stereocenters. The summed E-state index contributed by atoms with van der Waals surface area (Å²) in [6.45, 7) is 5.05. The molecule has 0 spiro atoms. The number of piperidine rings is 1. The Labute approximate surface area is 113 Å². The minimum absolute atomic E-state index is 0.0692. The standard InChI is InChI=1S/C11H21N5O2S/c1-8(11-13-9(2)14-15-11)12-10-4-6-16(7-5-10)19(3,17)18/h8,10,12H,4-7H2,1-3H3,(H,13,14,15)/t8-/m1/s1. The number of aromatic amines is 1. The summed E-state index contributed by atoms with van der Waals surface area (Å²) in [4.78, 5) is 4.29. The minimum atomic E-state index is -3.05. The molecular weight excluding hydrogens is 266 g/mol. The largest absolute Gasteiger partial charge is 0.305 e. The van der Waals surface area contributed by atoms with Crippen LogP contribution in [0.3, 0.4) is 0 Å². The summed E-state index contributed by atoms with van der Waals surface area (Å²) in [6, 6.07) is 0.381. The topological polar surface area (TPSA) is 91.0 Å². The molecule has 1 aromatic heterocycles. The van der Waals surface area contributed by atoms with Crippen molar-refractivity contribution in [1.82, 2.24) is 24.8 Å². The number of H-pyrrole nitrogens is 1. The van der Waals surface area contributed by atoms with Crippen LogP contribution in [-0.4, -0.2) is 53.3 Å². The Kier molecular flexibility index (Phi) is 4.22. The van der Waals surface area contributed by atoms with Gasteiger partial charge in [-0.05, 0) is 26.7 Å². The zero-order valence-corrected chi connectivity index (χ0v) is 12.4. The molecule has 0 saturated carbocycles. The van der Waals surface area contributed by atoms with Gasteiger partial charge in [-0.1, -0.05) is 0 Å². The van der Waals surface area contributed by atoms with Crippen molar-refractivity contribution in [1.29, 1.82) is 0 Å².